The Kier molecular flexibility index (Phi) is 5.85. The molecular weight excluding hydrogens is 306 g/mol. The Labute approximate surface area is 141 Å². The van der Waals surface area contributed by atoms with Crippen molar-refractivity contribution < 1.29 is 14.1 Å². The summed E-state index contributed by atoms with van der Waals surface area (Å²) in [5.74, 6) is 3.78. The Hall–Kier alpha value is -2.94. The number of hydrogen-bond donors (Lipinski definition) is 1. The molecule has 0 fully saturated rings. The van der Waals surface area contributed by atoms with Crippen LogP contribution in [-0.2, 0) is 6.42 Å². The van der Waals surface area contributed by atoms with E-state index >= 15 is 0 Å². The van der Waals surface area contributed by atoms with Crippen molar-refractivity contribution in [1.82, 2.24) is 10.5 Å². The number of anilines is 1. The van der Waals surface area contributed by atoms with Crippen LogP contribution in [0.4, 0.5) is 10.5 Å². The van der Waals surface area contributed by atoms with Crippen LogP contribution in [0.1, 0.15) is 17.0 Å². The first-order valence-corrected chi connectivity index (χ1v) is 7.62. The van der Waals surface area contributed by atoms with Crippen molar-refractivity contribution in [3.63, 3.8) is 0 Å². The molecule has 0 aliphatic rings. The van der Waals surface area contributed by atoms with E-state index < -0.39 is 0 Å². The molecule has 2 amide bonds. The van der Waals surface area contributed by atoms with Crippen molar-refractivity contribution in [2.45, 2.75) is 20.3 Å². The quantitative estimate of drug-likeness (QED) is 0.828. The lowest BCUT2D eigenvalue weighted by Gasteiger charge is -2.17. The summed E-state index contributed by atoms with van der Waals surface area (Å²) in [7, 11) is 1.69. The lowest BCUT2D eigenvalue weighted by molar-refractivity contribution is 0.247. The van der Waals surface area contributed by atoms with E-state index in [2.05, 4.69) is 16.4 Å². The number of ether oxygens (including phenoxy) is 1. The molecule has 1 aromatic carbocycles. The Morgan fingerprint density at radius 2 is 2.08 bits per heavy atom. The topological polar surface area (TPSA) is 67.6 Å². The molecule has 0 aliphatic heterocycles. The third-order valence-corrected chi connectivity index (χ3v) is 3.57. The molecule has 0 saturated carbocycles. The smallest absolute Gasteiger partial charge is 0.321 e. The molecule has 126 valence electrons. The average molecular weight is 327 g/mol. The highest BCUT2D eigenvalue weighted by atomic mass is 16.5. The molecule has 2 aromatic rings. The third kappa shape index (κ3) is 4.29. The maximum atomic E-state index is 12.2. The normalized spacial score (nSPS) is 10.1. The molecule has 6 heteroatoms. The summed E-state index contributed by atoms with van der Waals surface area (Å²) in [6.07, 6.45) is 5.87. The monoisotopic (exact) mass is 327 g/mol. The maximum absolute atomic E-state index is 12.2. The Morgan fingerprint density at radius 3 is 2.67 bits per heavy atom. The zero-order valence-corrected chi connectivity index (χ0v) is 14.1. The molecular formula is C18H21N3O3. The van der Waals surface area contributed by atoms with Crippen LogP contribution in [0.5, 0.6) is 5.75 Å². The molecule has 0 radical (unpaired) electrons. The van der Waals surface area contributed by atoms with E-state index in [1.54, 1.807) is 20.9 Å². The number of carbonyl (C=O) groups excluding carboxylic acids is 1. The molecule has 2 rings (SSSR count). The van der Waals surface area contributed by atoms with Crippen molar-refractivity contribution in [3.05, 3.63) is 41.3 Å². The second kappa shape index (κ2) is 8.06. The highest BCUT2D eigenvalue weighted by molar-refractivity contribution is 5.92. The van der Waals surface area contributed by atoms with Crippen molar-refractivity contribution >= 4 is 11.7 Å². The first-order chi connectivity index (χ1) is 11.5. The van der Waals surface area contributed by atoms with Gasteiger partial charge in [0.05, 0.1) is 0 Å². The number of urea groups is 1. The van der Waals surface area contributed by atoms with Gasteiger partial charge in [-0.25, -0.2) is 4.79 Å². The van der Waals surface area contributed by atoms with Crippen LogP contribution in [0.3, 0.4) is 0 Å². The first kappa shape index (κ1) is 17.4. The van der Waals surface area contributed by atoms with Crippen LogP contribution in [0.25, 0.3) is 0 Å². The lowest BCUT2D eigenvalue weighted by atomic mass is 10.1. The fourth-order valence-corrected chi connectivity index (χ4v) is 2.37. The average Bonchev–Trinajstić information content (AvgIpc) is 2.92. The van der Waals surface area contributed by atoms with Crippen molar-refractivity contribution in [1.29, 1.82) is 0 Å². The van der Waals surface area contributed by atoms with Crippen molar-refractivity contribution in [2.75, 3.05) is 25.1 Å². The minimum atomic E-state index is -0.196. The van der Waals surface area contributed by atoms with Crippen LogP contribution < -0.4 is 15.0 Å². The van der Waals surface area contributed by atoms with Gasteiger partial charge in [0, 0.05) is 13.6 Å². The zero-order valence-electron chi connectivity index (χ0n) is 14.1. The van der Waals surface area contributed by atoms with E-state index in [4.69, 9.17) is 15.7 Å². The van der Waals surface area contributed by atoms with E-state index in [1.165, 1.54) is 4.90 Å². The highest BCUT2D eigenvalue weighted by Crippen LogP contribution is 2.22. The molecule has 0 saturated heterocycles. The van der Waals surface area contributed by atoms with Crippen LogP contribution >= 0.6 is 0 Å². The number of aryl methyl sites for hydroxylation is 2. The maximum Gasteiger partial charge on any atom is 0.321 e. The highest BCUT2D eigenvalue weighted by Gasteiger charge is 2.18. The summed E-state index contributed by atoms with van der Waals surface area (Å²) >= 11 is 0. The SMILES string of the molecule is C#CCOc1ccc(CCNC(=O)N(C)c2c(C)noc2C)cc1. The molecule has 0 spiro atoms. The number of carbonyl (C=O) groups is 1. The molecule has 6 nitrogen and oxygen atoms in total. The van der Waals surface area contributed by atoms with E-state index in [0.29, 0.717) is 23.7 Å². The van der Waals surface area contributed by atoms with Gasteiger partial charge in [0.15, 0.2) is 5.76 Å². The van der Waals surface area contributed by atoms with Crippen molar-refractivity contribution in [3.8, 4) is 18.1 Å². The zero-order chi connectivity index (χ0) is 17.5. The van der Waals surface area contributed by atoms with Crippen LogP contribution in [-0.4, -0.2) is 31.4 Å². The summed E-state index contributed by atoms with van der Waals surface area (Å²) in [6, 6.07) is 7.44. The first-order valence-electron chi connectivity index (χ1n) is 7.62. The molecule has 0 unspecified atom stereocenters. The molecule has 1 heterocycles. The number of aromatic nitrogens is 1. The Morgan fingerprint density at radius 1 is 1.38 bits per heavy atom. The van der Waals surface area contributed by atoms with Gasteiger partial charge in [-0.2, -0.15) is 0 Å². The molecule has 0 aliphatic carbocycles. The number of nitrogens with zero attached hydrogens (tertiary/aromatic N) is 2. The predicted octanol–water partition coefficient (Wildman–Crippen LogP) is 2.69. The number of rotatable bonds is 6. The number of hydrogen-bond acceptors (Lipinski definition) is 4. The van der Waals surface area contributed by atoms with Crippen LogP contribution in [0.2, 0.25) is 0 Å². The molecule has 24 heavy (non-hydrogen) atoms. The number of amides is 2. The minimum absolute atomic E-state index is 0.196. The van der Waals surface area contributed by atoms with Gasteiger partial charge < -0.3 is 14.6 Å². The standard InChI is InChI=1S/C18H21N3O3/c1-5-12-23-16-8-6-15(7-9-16)10-11-19-18(22)21(4)17-13(2)20-24-14(17)3/h1,6-9H,10-12H2,2-4H3,(H,19,22). The van der Waals surface area contributed by atoms with Gasteiger partial charge in [-0.3, -0.25) is 4.90 Å². The van der Waals surface area contributed by atoms with Gasteiger partial charge in [-0.05, 0) is 38.0 Å². The number of terminal acetylenes is 1. The molecule has 1 N–H and O–H groups in total. The summed E-state index contributed by atoms with van der Waals surface area (Å²) in [4.78, 5) is 13.7. The Balaban J connectivity index is 1.83. The summed E-state index contributed by atoms with van der Waals surface area (Å²) in [5, 5.41) is 6.74. The van der Waals surface area contributed by atoms with E-state index in [-0.39, 0.29) is 12.6 Å². The summed E-state index contributed by atoms with van der Waals surface area (Å²) < 4.78 is 10.4. The predicted molar refractivity (Wildman–Crippen MR) is 92.3 cm³/mol. The number of benzene rings is 1. The lowest BCUT2D eigenvalue weighted by Crippen LogP contribution is -2.38. The third-order valence-electron chi connectivity index (χ3n) is 3.57. The minimum Gasteiger partial charge on any atom is -0.481 e. The van der Waals surface area contributed by atoms with Gasteiger partial charge in [0.1, 0.15) is 23.7 Å². The van der Waals surface area contributed by atoms with Gasteiger partial charge >= 0.3 is 6.03 Å². The summed E-state index contributed by atoms with van der Waals surface area (Å²) in [5.41, 5.74) is 2.48. The largest absolute Gasteiger partial charge is 0.481 e. The fraction of sp³-hybridized carbons (Fsp3) is 0.333. The molecule has 0 bridgehead atoms. The fourth-order valence-electron chi connectivity index (χ4n) is 2.37. The van der Waals surface area contributed by atoms with E-state index in [1.807, 2.05) is 24.3 Å². The second-order valence-corrected chi connectivity index (χ2v) is 5.35. The van der Waals surface area contributed by atoms with Crippen molar-refractivity contribution in [2.24, 2.45) is 0 Å². The molecule has 0 atom stereocenters. The van der Waals surface area contributed by atoms with Gasteiger partial charge in [0.2, 0.25) is 0 Å². The van der Waals surface area contributed by atoms with Crippen LogP contribution in [0, 0.1) is 26.2 Å². The summed E-state index contributed by atoms with van der Waals surface area (Å²) in [6.45, 7) is 4.36. The Bertz CT molecular complexity index is 709. The van der Waals surface area contributed by atoms with Gasteiger partial charge in [-0.1, -0.05) is 23.2 Å². The van der Waals surface area contributed by atoms with Gasteiger partial charge in [0.25, 0.3) is 0 Å². The molecule has 1 aromatic heterocycles. The van der Waals surface area contributed by atoms with E-state index in [9.17, 15) is 4.79 Å². The second-order valence-electron chi connectivity index (χ2n) is 5.35. The van der Waals surface area contributed by atoms with E-state index in [0.717, 1.165) is 17.7 Å². The van der Waals surface area contributed by atoms with Gasteiger partial charge in [-0.15, -0.1) is 6.42 Å². The van der Waals surface area contributed by atoms with Crippen LogP contribution in [0.15, 0.2) is 28.8 Å². The number of nitrogens with one attached hydrogen (secondary N) is 1.